The van der Waals surface area contributed by atoms with Crippen LogP contribution in [0.4, 0.5) is 18.9 Å². The number of piperidine rings is 1. The van der Waals surface area contributed by atoms with Gasteiger partial charge in [-0.25, -0.2) is 0 Å². The third kappa shape index (κ3) is 3.61. The summed E-state index contributed by atoms with van der Waals surface area (Å²) in [4.78, 5) is 2.11. The highest BCUT2D eigenvalue weighted by Crippen LogP contribution is 2.37. The maximum atomic E-state index is 12.6. The van der Waals surface area contributed by atoms with Gasteiger partial charge in [-0.2, -0.15) is 13.2 Å². The molecule has 1 saturated heterocycles. The van der Waals surface area contributed by atoms with Crippen LogP contribution in [0.1, 0.15) is 25.3 Å². The summed E-state index contributed by atoms with van der Waals surface area (Å²) in [5.74, 6) is 0.487. The monoisotopic (exact) mass is 369 g/mol. The molecule has 20 heavy (non-hydrogen) atoms. The highest BCUT2D eigenvalue weighted by Gasteiger charge is 2.31. The van der Waals surface area contributed by atoms with E-state index in [1.165, 1.54) is 6.07 Å². The Morgan fingerprint density at radius 2 is 1.90 bits per heavy atom. The number of hydrogen-bond acceptors (Lipinski definition) is 1. The van der Waals surface area contributed by atoms with Gasteiger partial charge in [-0.05, 0) is 59.8 Å². The molecule has 0 radical (unpaired) electrons. The van der Waals surface area contributed by atoms with E-state index in [0.29, 0.717) is 10.4 Å². The van der Waals surface area contributed by atoms with Gasteiger partial charge in [-0.15, -0.1) is 11.6 Å². The van der Waals surface area contributed by atoms with Crippen molar-refractivity contribution in [3.8, 4) is 0 Å². The van der Waals surface area contributed by atoms with Gasteiger partial charge < -0.3 is 4.90 Å². The second-order valence-corrected chi connectivity index (χ2v) is 6.71. The number of benzene rings is 1. The molecule has 1 aromatic carbocycles. The molecule has 0 spiro atoms. The number of rotatable bonds is 2. The van der Waals surface area contributed by atoms with Gasteiger partial charge in [-0.3, -0.25) is 0 Å². The molecule has 1 heterocycles. The zero-order valence-corrected chi connectivity index (χ0v) is 13.4. The first-order valence-corrected chi connectivity index (χ1v) is 7.77. The largest absolute Gasteiger partial charge is 0.416 e. The molecule has 2 rings (SSSR count). The van der Waals surface area contributed by atoms with Crippen molar-refractivity contribution in [2.24, 2.45) is 5.92 Å². The fraction of sp³-hybridized carbons (Fsp3) is 0.571. The van der Waals surface area contributed by atoms with E-state index < -0.39 is 11.7 Å². The second-order valence-electron chi connectivity index (χ2n) is 5.17. The van der Waals surface area contributed by atoms with E-state index in [2.05, 4.69) is 20.8 Å². The summed E-state index contributed by atoms with van der Waals surface area (Å²) in [7, 11) is 0. The lowest BCUT2D eigenvalue weighted by molar-refractivity contribution is -0.137. The van der Waals surface area contributed by atoms with Crippen LogP contribution in [-0.4, -0.2) is 18.5 Å². The van der Waals surface area contributed by atoms with Crippen LogP contribution in [0, 0.1) is 5.92 Å². The van der Waals surface area contributed by atoms with E-state index >= 15 is 0 Å². The quantitative estimate of drug-likeness (QED) is 0.638. The molecule has 0 aromatic heterocycles. The van der Waals surface area contributed by atoms with Gasteiger partial charge in [0.1, 0.15) is 0 Å². The molecule has 1 nitrogen and oxygen atoms in total. The Bertz CT molecular complexity index is 468. The van der Waals surface area contributed by atoms with E-state index in [0.717, 1.165) is 43.8 Å². The summed E-state index contributed by atoms with van der Waals surface area (Å²) >= 11 is 9.35. The number of nitrogens with zero attached hydrogens (tertiary/aromatic N) is 1. The molecule has 1 aromatic rings. The van der Waals surface area contributed by atoms with Crippen molar-refractivity contribution in [3.63, 3.8) is 0 Å². The minimum atomic E-state index is -4.30. The van der Waals surface area contributed by atoms with Crippen molar-refractivity contribution >= 4 is 33.2 Å². The van der Waals surface area contributed by atoms with E-state index in [1.807, 2.05) is 6.92 Å². The zero-order valence-electron chi connectivity index (χ0n) is 11.1. The molecule has 6 heteroatoms. The highest BCUT2D eigenvalue weighted by atomic mass is 79.9. The third-order valence-corrected chi connectivity index (χ3v) is 4.80. The Hall–Kier alpha value is -0.420. The summed E-state index contributed by atoms with van der Waals surface area (Å²) in [5, 5.41) is 0.146. The van der Waals surface area contributed by atoms with E-state index in [4.69, 9.17) is 11.6 Å². The highest BCUT2D eigenvalue weighted by molar-refractivity contribution is 9.10. The fourth-order valence-electron chi connectivity index (χ4n) is 2.54. The van der Waals surface area contributed by atoms with Gasteiger partial charge in [0.2, 0.25) is 0 Å². The van der Waals surface area contributed by atoms with Gasteiger partial charge in [-0.1, -0.05) is 0 Å². The molecule has 0 bridgehead atoms. The van der Waals surface area contributed by atoms with E-state index in [1.54, 1.807) is 0 Å². The fourth-order valence-corrected chi connectivity index (χ4v) is 3.42. The summed E-state index contributed by atoms with van der Waals surface area (Å²) in [6.45, 7) is 3.65. The van der Waals surface area contributed by atoms with Gasteiger partial charge in [0.15, 0.2) is 0 Å². The van der Waals surface area contributed by atoms with Crippen molar-refractivity contribution in [1.82, 2.24) is 0 Å². The zero-order chi connectivity index (χ0) is 14.9. The number of hydrogen-bond donors (Lipinski definition) is 0. The smallest absolute Gasteiger partial charge is 0.371 e. The van der Waals surface area contributed by atoms with Crippen LogP contribution in [0.25, 0.3) is 0 Å². The van der Waals surface area contributed by atoms with E-state index in [-0.39, 0.29) is 5.38 Å². The first-order valence-electron chi connectivity index (χ1n) is 6.55. The molecule has 112 valence electrons. The molecule has 1 aliphatic heterocycles. The normalized spacial score (nSPS) is 19.2. The predicted molar refractivity (Wildman–Crippen MR) is 79.4 cm³/mol. The Balaban J connectivity index is 2.11. The average molecular weight is 371 g/mol. The number of halogens is 5. The molecule has 0 amide bonds. The Morgan fingerprint density at radius 3 is 2.35 bits per heavy atom. The molecule has 1 aliphatic rings. The molecular weight excluding hydrogens is 355 g/mol. The summed E-state index contributed by atoms with van der Waals surface area (Å²) in [6.07, 6.45) is -2.36. The van der Waals surface area contributed by atoms with Crippen LogP contribution < -0.4 is 4.90 Å². The standard InChI is InChI=1S/C14H16BrClF3N/c1-9(16)10-4-6-20(7-5-10)13-3-2-11(8-12(13)15)14(17,18)19/h2-3,8-10H,4-7H2,1H3. The minimum Gasteiger partial charge on any atom is -0.371 e. The average Bonchev–Trinajstić information content (AvgIpc) is 2.37. The lowest BCUT2D eigenvalue weighted by Gasteiger charge is -2.35. The third-order valence-electron chi connectivity index (χ3n) is 3.80. The molecule has 1 atom stereocenters. The Morgan fingerprint density at radius 1 is 1.30 bits per heavy atom. The first kappa shape index (κ1) is 16.0. The van der Waals surface area contributed by atoms with Crippen molar-refractivity contribution < 1.29 is 13.2 Å². The first-order chi connectivity index (χ1) is 9.29. The van der Waals surface area contributed by atoms with Crippen LogP contribution in [0.5, 0.6) is 0 Å². The van der Waals surface area contributed by atoms with Gasteiger partial charge in [0, 0.05) is 22.9 Å². The molecular formula is C14H16BrClF3N. The summed E-state index contributed by atoms with van der Waals surface area (Å²) in [6, 6.07) is 3.82. The van der Waals surface area contributed by atoms with Crippen molar-refractivity contribution in [2.75, 3.05) is 18.0 Å². The summed E-state index contributed by atoms with van der Waals surface area (Å²) in [5.41, 5.74) is 0.191. The molecule has 0 aliphatic carbocycles. The SMILES string of the molecule is CC(Cl)C1CCN(c2ccc(C(F)(F)F)cc2Br)CC1. The minimum absolute atomic E-state index is 0.146. The topological polar surface area (TPSA) is 3.24 Å². The van der Waals surface area contributed by atoms with Crippen LogP contribution in [0.2, 0.25) is 0 Å². The van der Waals surface area contributed by atoms with Crippen LogP contribution in [0.15, 0.2) is 22.7 Å². The van der Waals surface area contributed by atoms with Gasteiger partial charge in [0.25, 0.3) is 0 Å². The lowest BCUT2D eigenvalue weighted by atomic mass is 9.93. The number of anilines is 1. The lowest BCUT2D eigenvalue weighted by Crippen LogP contribution is -2.36. The molecule has 0 saturated carbocycles. The maximum absolute atomic E-state index is 12.6. The predicted octanol–water partition coefficient (Wildman–Crippen LogP) is 5.31. The van der Waals surface area contributed by atoms with Crippen molar-refractivity contribution in [3.05, 3.63) is 28.2 Å². The van der Waals surface area contributed by atoms with Crippen LogP contribution >= 0.6 is 27.5 Å². The van der Waals surface area contributed by atoms with Crippen molar-refractivity contribution in [1.29, 1.82) is 0 Å². The molecule has 1 unspecified atom stereocenters. The van der Waals surface area contributed by atoms with Gasteiger partial charge in [0.05, 0.1) is 11.3 Å². The van der Waals surface area contributed by atoms with Crippen molar-refractivity contribution in [2.45, 2.75) is 31.3 Å². The van der Waals surface area contributed by atoms with Crippen LogP contribution in [0.3, 0.4) is 0 Å². The maximum Gasteiger partial charge on any atom is 0.416 e. The molecule has 0 N–H and O–H groups in total. The number of alkyl halides is 4. The Labute approximate surface area is 130 Å². The summed E-state index contributed by atoms with van der Waals surface area (Å²) < 4.78 is 38.4. The Kier molecular flexibility index (Phi) is 4.90. The van der Waals surface area contributed by atoms with Crippen LogP contribution in [-0.2, 0) is 6.18 Å². The second kappa shape index (κ2) is 6.14. The van der Waals surface area contributed by atoms with E-state index in [9.17, 15) is 13.2 Å². The van der Waals surface area contributed by atoms with Gasteiger partial charge >= 0.3 is 6.18 Å². The molecule has 1 fully saturated rings.